The molecule has 0 aromatic carbocycles. The first-order chi connectivity index (χ1) is 9.13. The van der Waals surface area contributed by atoms with E-state index in [0.717, 1.165) is 19.3 Å². The fourth-order valence-corrected chi connectivity index (χ4v) is 2.15. The van der Waals surface area contributed by atoms with Crippen molar-refractivity contribution in [2.45, 2.75) is 84.3 Å². The van der Waals surface area contributed by atoms with Crippen LogP contribution in [-0.2, 0) is 14.2 Å². The summed E-state index contributed by atoms with van der Waals surface area (Å²) in [4.78, 5) is 11.9. The molecule has 0 unspecified atom stereocenters. The maximum absolute atomic E-state index is 11.9. The first kappa shape index (κ1) is 17.2. The average Bonchev–Trinajstić information content (AvgIpc) is 2.62. The lowest BCUT2D eigenvalue weighted by Crippen LogP contribution is -2.46. The van der Waals surface area contributed by atoms with E-state index < -0.39 is 17.5 Å². The van der Waals surface area contributed by atoms with Crippen LogP contribution < -0.4 is 5.32 Å². The predicted molar refractivity (Wildman–Crippen MR) is 77.6 cm³/mol. The molecule has 1 amide bonds. The predicted octanol–water partition coefficient (Wildman–Crippen LogP) is 3.22. The lowest BCUT2D eigenvalue weighted by Gasteiger charge is -2.27. The molecule has 1 saturated heterocycles. The van der Waals surface area contributed by atoms with Crippen molar-refractivity contribution in [3.05, 3.63) is 0 Å². The monoisotopic (exact) mass is 287 g/mol. The van der Waals surface area contributed by atoms with E-state index in [2.05, 4.69) is 12.2 Å². The van der Waals surface area contributed by atoms with Crippen LogP contribution in [-0.4, -0.2) is 36.2 Å². The molecule has 1 heterocycles. The van der Waals surface area contributed by atoms with Crippen molar-refractivity contribution < 1.29 is 19.0 Å². The number of rotatable bonds is 5. The van der Waals surface area contributed by atoms with E-state index in [1.807, 2.05) is 34.6 Å². The minimum Gasteiger partial charge on any atom is -0.444 e. The number of carbonyl (C=O) groups excluding carboxylic acids is 1. The first-order valence-electron chi connectivity index (χ1n) is 7.44. The normalized spacial score (nSPS) is 23.4. The molecule has 1 rings (SSSR count). The van der Waals surface area contributed by atoms with Gasteiger partial charge in [-0.05, 0) is 41.0 Å². The second kappa shape index (κ2) is 6.76. The number of unbranched alkanes of at least 4 members (excludes halogenated alkanes) is 1. The zero-order valence-corrected chi connectivity index (χ0v) is 13.6. The van der Waals surface area contributed by atoms with Gasteiger partial charge >= 0.3 is 6.09 Å². The summed E-state index contributed by atoms with van der Waals surface area (Å²) in [6.45, 7) is 12.0. The number of hydrogen-bond acceptors (Lipinski definition) is 4. The Balaban J connectivity index is 2.58. The maximum Gasteiger partial charge on any atom is 0.407 e. The third-order valence-electron chi connectivity index (χ3n) is 3.05. The van der Waals surface area contributed by atoms with Gasteiger partial charge in [-0.1, -0.05) is 19.8 Å². The van der Waals surface area contributed by atoms with E-state index in [9.17, 15) is 4.79 Å². The molecule has 2 atom stereocenters. The molecule has 0 radical (unpaired) electrons. The van der Waals surface area contributed by atoms with Crippen molar-refractivity contribution >= 4 is 6.09 Å². The number of hydrogen-bond donors (Lipinski definition) is 1. The van der Waals surface area contributed by atoms with Gasteiger partial charge in [-0.3, -0.25) is 0 Å². The molecule has 0 aromatic rings. The molecule has 20 heavy (non-hydrogen) atoms. The Morgan fingerprint density at radius 1 is 1.45 bits per heavy atom. The highest BCUT2D eigenvalue weighted by Gasteiger charge is 2.38. The second-order valence-corrected chi connectivity index (χ2v) is 6.76. The average molecular weight is 287 g/mol. The lowest BCUT2D eigenvalue weighted by molar-refractivity contribution is -0.141. The van der Waals surface area contributed by atoms with Crippen molar-refractivity contribution in [3.63, 3.8) is 0 Å². The minimum absolute atomic E-state index is 0.0772. The quantitative estimate of drug-likeness (QED) is 0.843. The Morgan fingerprint density at radius 2 is 2.10 bits per heavy atom. The van der Waals surface area contributed by atoms with Crippen LogP contribution in [0, 0.1) is 0 Å². The topological polar surface area (TPSA) is 56.8 Å². The molecule has 1 N–H and O–H groups in total. The fraction of sp³-hybridized carbons (Fsp3) is 0.933. The van der Waals surface area contributed by atoms with Gasteiger partial charge in [0.2, 0.25) is 0 Å². The number of carbonyl (C=O) groups is 1. The maximum atomic E-state index is 11.9. The molecule has 0 aliphatic carbocycles. The zero-order valence-electron chi connectivity index (χ0n) is 13.6. The smallest absolute Gasteiger partial charge is 0.407 e. The minimum atomic E-state index is -0.579. The van der Waals surface area contributed by atoms with Crippen molar-refractivity contribution in [2.24, 2.45) is 0 Å². The molecule has 1 fully saturated rings. The number of ether oxygens (including phenoxy) is 3. The van der Waals surface area contributed by atoms with Crippen molar-refractivity contribution in [3.8, 4) is 0 Å². The third-order valence-corrected chi connectivity index (χ3v) is 3.05. The fourth-order valence-electron chi connectivity index (χ4n) is 2.15. The van der Waals surface area contributed by atoms with E-state index >= 15 is 0 Å². The summed E-state index contributed by atoms with van der Waals surface area (Å²) >= 11 is 0. The van der Waals surface area contributed by atoms with Gasteiger partial charge in [0.1, 0.15) is 11.7 Å². The van der Waals surface area contributed by atoms with Gasteiger partial charge in [-0.25, -0.2) is 4.79 Å². The summed E-state index contributed by atoms with van der Waals surface area (Å²) in [5.74, 6) is -0.579. The lowest BCUT2D eigenvalue weighted by atomic mass is 10.0. The largest absolute Gasteiger partial charge is 0.444 e. The summed E-state index contributed by atoms with van der Waals surface area (Å²) in [6, 6.07) is -0.0772. The van der Waals surface area contributed by atoms with Crippen LogP contribution in [0.3, 0.4) is 0 Å². The zero-order chi connectivity index (χ0) is 15.4. The summed E-state index contributed by atoms with van der Waals surface area (Å²) in [5.41, 5.74) is -0.494. The number of amides is 1. The molecule has 5 heteroatoms. The molecule has 0 aromatic heterocycles. The molecular weight excluding hydrogens is 258 g/mol. The molecule has 0 bridgehead atoms. The molecule has 0 spiro atoms. The van der Waals surface area contributed by atoms with Gasteiger partial charge in [0, 0.05) is 0 Å². The molecule has 1 aliphatic rings. The molecular formula is C15H29NO4. The van der Waals surface area contributed by atoms with Gasteiger partial charge in [0.05, 0.1) is 12.6 Å². The highest BCUT2D eigenvalue weighted by Crippen LogP contribution is 2.26. The van der Waals surface area contributed by atoms with E-state index in [-0.39, 0.29) is 12.1 Å². The van der Waals surface area contributed by atoms with Gasteiger partial charge in [0.15, 0.2) is 5.79 Å². The first-order valence-corrected chi connectivity index (χ1v) is 7.44. The summed E-state index contributed by atoms with van der Waals surface area (Å²) in [5, 5.41) is 2.92. The van der Waals surface area contributed by atoms with E-state index in [0.29, 0.717) is 6.61 Å². The second-order valence-electron chi connectivity index (χ2n) is 6.76. The summed E-state index contributed by atoms with van der Waals surface area (Å²) in [6.07, 6.45) is 2.44. The van der Waals surface area contributed by atoms with E-state index in [1.54, 1.807) is 0 Å². The van der Waals surface area contributed by atoms with Crippen LogP contribution in [0.4, 0.5) is 4.79 Å². The highest BCUT2D eigenvalue weighted by atomic mass is 16.7. The Labute approximate surface area is 122 Å². The van der Waals surface area contributed by atoms with Gasteiger partial charge in [-0.15, -0.1) is 0 Å². The van der Waals surface area contributed by atoms with Crippen LogP contribution in [0.15, 0.2) is 0 Å². The van der Waals surface area contributed by atoms with E-state index in [1.165, 1.54) is 0 Å². The Kier molecular flexibility index (Phi) is 5.83. The third kappa shape index (κ3) is 6.09. The van der Waals surface area contributed by atoms with Crippen molar-refractivity contribution in [2.75, 3.05) is 6.61 Å². The Morgan fingerprint density at radius 3 is 2.55 bits per heavy atom. The number of nitrogens with one attached hydrogen (secondary N) is 1. The van der Waals surface area contributed by atoms with Crippen LogP contribution in [0.1, 0.15) is 60.8 Å². The van der Waals surface area contributed by atoms with Gasteiger partial charge in [0.25, 0.3) is 0 Å². The van der Waals surface area contributed by atoms with Crippen molar-refractivity contribution in [1.82, 2.24) is 5.32 Å². The van der Waals surface area contributed by atoms with Crippen molar-refractivity contribution in [1.29, 1.82) is 0 Å². The van der Waals surface area contributed by atoms with Gasteiger partial charge in [-0.2, -0.15) is 0 Å². The summed E-state index contributed by atoms with van der Waals surface area (Å²) < 4.78 is 16.7. The Bertz CT molecular complexity index is 322. The van der Waals surface area contributed by atoms with Crippen LogP contribution in [0.25, 0.3) is 0 Å². The van der Waals surface area contributed by atoms with Crippen LogP contribution in [0.5, 0.6) is 0 Å². The summed E-state index contributed by atoms with van der Waals surface area (Å²) in [7, 11) is 0. The molecule has 1 aliphatic heterocycles. The molecule has 118 valence electrons. The number of alkyl carbamates (subject to hydrolysis) is 1. The van der Waals surface area contributed by atoms with E-state index in [4.69, 9.17) is 14.2 Å². The molecule has 0 saturated carbocycles. The Hall–Kier alpha value is -0.810. The highest BCUT2D eigenvalue weighted by molar-refractivity contribution is 5.68. The van der Waals surface area contributed by atoms with Gasteiger partial charge < -0.3 is 19.5 Å². The van der Waals surface area contributed by atoms with Crippen LogP contribution >= 0.6 is 0 Å². The van der Waals surface area contributed by atoms with Crippen LogP contribution in [0.2, 0.25) is 0 Å². The standard InChI is InChI=1S/C15H29NO4/c1-7-8-9-11(12-10-18-15(5,6)19-12)16-13(17)20-14(2,3)4/h11-12H,7-10H2,1-6H3,(H,16,17)/t11-,12+/m1/s1. The SMILES string of the molecule is CCCC[C@@H](NC(=O)OC(C)(C)C)[C@@H]1COC(C)(C)O1. The molecule has 5 nitrogen and oxygen atoms in total.